The third-order valence-corrected chi connectivity index (χ3v) is 1.69. The third-order valence-electron chi connectivity index (χ3n) is 1.69. The van der Waals surface area contributed by atoms with Crippen LogP contribution in [0.3, 0.4) is 0 Å². The van der Waals surface area contributed by atoms with E-state index in [0.717, 1.165) is 0 Å². The van der Waals surface area contributed by atoms with Crippen LogP contribution in [0, 0.1) is 0 Å². The summed E-state index contributed by atoms with van der Waals surface area (Å²) >= 11 is 0. The van der Waals surface area contributed by atoms with Gasteiger partial charge in [-0.15, -0.1) is 0 Å². The molecule has 6 nitrogen and oxygen atoms in total. The average Bonchev–Trinajstić information content (AvgIpc) is 2.11. The molecule has 0 aliphatic heterocycles. The summed E-state index contributed by atoms with van der Waals surface area (Å²) in [4.78, 5) is 21.4. The molecule has 0 bridgehead atoms. The van der Waals surface area contributed by atoms with Gasteiger partial charge in [0.05, 0.1) is 12.2 Å². The lowest BCUT2D eigenvalue weighted by molar-refractivity contribution is -0.152. The van der Waals surface area contributed by atoms with Crippen LogP contribution in [0.15, 0.2) is 0 Å². The van der Waals surface area contributed by atoms with Crippen molar-refractivity contribution in [2.75, 3.05) is 0 Å². The number of aliphatic hydroxyl groups is 1. The smallest absolute Gasteiger partial charge is 0.325 e. The molecule has 0 aliphatic carbocycles. The maximum Gasteiger partial charge on any atom is 0.325 e. The highest BCUT2D eigenvalue weighted by molar-refractivity contribution is 5.76. The molecule has 2 atom stereocenters. The number of aliphatic hydroxyl groups excluding tert-OH is 1. The number of carbonyl (C=O) groups is 2. The number of carboxylic acid groups (broad SMARTS) is 1. The molecule has 0 fully saturated rings. The second-order valence-electron chi connectivity index (χ2n) is 3.51. The Kier molecular flexibility index (Phi) is 5.88. The Morgan fingerprint density at radius 2 is 1.93 bits per heavy atom. The van der Waals surface area contributed by atoms with E-state index in [9.17, 15) is 14.7 Å². The lowest BCUT2D eigenvalue weighted by Crippen LogP contribution is -2.44. The maximum atomic E-state index is 11.2. The first-order valence-electron chi connectivity index (χ1n) is 4.70. The Balaban J connectivity index is 4.01. The second-order valence-corrected chi connectivity index (χ2v) is 3.51. The molecule has 0 heterocycles. The van der Waals surface area contributed by atoms with E-state index in [-0.39, 0.29) is 18.9 Å². The highest BCUT2D eigenvalue weighted by atomic mass is 16.5. The van der Waals surface area contributed by atoms with Gasteiger partial charge >= 0.3 is 11.9 Å². The summed E-state index contributed by atoms with van der Waals surface area (Å²) in [5.74, 6) is -1.76. The van der Waals surface area contributed by atoms with E-state index in [1.54, 1.807) is 13.8 Å². The molecule has 0 radical (unpaired) electrons. The van der Waals surface area contributed by atoms with Gasteiger partial charge in [-0.05, 0) is 20.3 Å². The van der Waals surface area contributed by atoms with Gasteiger partial charge in [0, 0.05) is 6.42 Å². The van der Waals surface area contributed by atoms with Crippen molar-refractivity contribution < 1.29 is 24.5 Å². The van der Waals surface area contributed by atoms with Crippen LogP contribution in [0.25, 0.3) is 0 Å². The minimum absolute atomic E-state index is 0.0658. The lowest BCUT2D eigenvalue weighted by atomic mass is 10.1. The fourth-order valence-electron chi connectivity index (χ4n) is 0.919. The number of carbonyl (C=O) groups excluding carboxylic acids is 1. The molecule has 0 amide bonds. The van der Waals surface area contributed by atoms with Gasteiger partial charge in [0.1, 0.15) is 6.04 Å². The third kappa shape index (κ3) is 6.03. The summed E-state index contributed by atoms with van der Waals surface area (Å²) < 4.78 is 4.77. The van der Waals surface area contributed by atoms with Gasteiger partial charge in [-0.1, -0.05) is 0 Å². The Morgan fingerprint density at radius 3 is 2.33 bits per heavy atom. The van der Waals surface area contributed by atoms with Gasteiger partial charge in [0.15, 0.2) is 0 Å². The normalized spacial score (nSPS) is 14.7. The zero-order chi connectivity index (χ0) is 12.0. The Labute approximate surface area is 88.0 Å². The van der Waals surface area contributed by atoms with E-state index < -0.39 is 24.1 Å². The number of hydrogen-bond acceptors (Lipinski definition) is 5. The number of rotatable bonds is 6. The van der Waals surface area contributed by atoms with Crippen molar-refractivity contribution in [3.8, 4) is 0 Å². The monoisotopic (exact) mass is 219 g/mol. The number of carboxylic acids is 1. The Hall–Kier alpha value is -1.14. The van der Waals surface area contributed by atoms with E-state index in [1.807, 2.05) is 0 Å². The molecule has 0 rings (SSSR count). The molecule has 0 aromatic carbocycles. The van der Waals surface area contributed by atoms with Gasteiger partial charge in [-0.2, -0.15) is 0 Å². The van der Waals surface area contributed by atoms with Crippen LogP contribution in [0.1, 0.15) is 26.7 Å². The molecule has 0 aromatic rings. The van der Waals surface area contributed by atoms with Gasteiger partial charge < -0.3 is 20.7 Å². The van der Waals surface area contributed by atoms with Gasteiger partial charge in [-0.25, -0.2) is 0 Å². The Bertz CT molecular complexity index is 229. The predicted molar refractivity (Wildman–Crippen MR) is 52.1 cm³/mol. The summed E-state index contributed by atoms with van der Waals surface area (Å²) in [5, 5.41) is 17.7. The SMILES string of the molecule is CC(C)OC(=O)C(N)C(O)CCC(=O)O. The van der Waals surface area contributed by atoms with Crippen molar-refractivity contribution >= 4 is 11.9 Å². The number of nitrogens with two attached hydrogens (primary N) is 1. The van der Waals surface area contributed by atoms with Crippen LogP contribution in [-0.4, -0.2) is 40.4 Å². The van der Waals surface area contributed by atoms with E-state index in [0.29, 0.717) is 0 Å². The number of hydrogen-bond donors (Lipinski definition) is 3. The van der Waals surface area contributed by atoms with Crippen molar-refractivity contribution in [2.24, 2.45) is 5.73 Å². The largest absolute Gasteiger partial charge is 0.481 e. The highest BCUT2D eigenvalue weighted by Gasteiger charge is 2.25. The predicted octanol–water partition coefficient (Wildman–Crippen LogP) is -0.509. The highest BCUT2D eigenvalue weighted by Crippen LogP contribution is 2.04. The van der Waals surface area contributed by atoms with Crippen LogP contribution in [-0.2, 0) is 14.3 Å². The molecule has 0 aliphatic rings. The molecule has 6 heteroatoms. The molecule has 15 heavy (non-hydrogen) atoms. The van der Waals surface area contributed by atoms with Crippen molar-refractivity contribution in [1.29, 1.82) is 0 Å². The van der Waals surface area contributed by atoms with Crippen molar-refractivity contribution in [1.82, 2.24) is 0 Å². The van der Waals surface area contributed by atoms with Crippen LogP contribution in [0.5, 0.6) is 0 Å². The summed E-state index contributed by atoms with van der Waals surface area (Å²) in [6.45, 7) is 3.32. The Morgan fingerprint density at radius 1 is 1.40 bits per heavy atom. The molecule has 0 saturated heterocycles. The number of esters is 1. The first-order valence-corrected chi connectivity index (χ1v) is 4.70. The molecule has 4 N–H and O–H groups in total. The molecule has 0 saturated carbocycles. The first kappa shape index (κ1) is 13.9. The van der Waals surface area contributed by atoms with Crippen molar-refractivity contribution in [3.05, 3.63) is 0 Å². The van der Waals surface area contributed by atoms with Crippen LogP contribution in [0.4, 0.5) is 0 Å². The lowest BCUT2D eigenvalue weighted by Gasteiger charge is -2.18. The fraction of sp³-hybridized carbons (Fsp3) is 0.778. The van der Waals surface area contributed by atoms with Gasteiger partial charge in [0.2, 0.25) is 0 Å². The fourth-order valence-corrected chi connectivity index (χ4v) is 0.919. The zero-order valence-corrected chi connectivity index (χ0v) is 8.84. The minimum Gasteiger partial charge on any atom is -0.481 e. The summed E-state index contributed by atoms with van der Waals surface area (Å²) in [5.41, 5.74) is 5.38. The van der Waals surface area contributed by atoms with Crippen molar-refractivity contribution in [3.63, 3.8) is 0 Å². The summed E-state index contributed by atoms with van der Waals surface area (Å²) in [6.07, 6.45) is -1.80. The minimum atomic E-state index is -1.19. The first-order chi connectivity index (χ1) is 6.84. The standard InChI is InChI=1S/C9H17NO5/c1-5(2)15-9(14)8(10)6(11)3-4-7(12)13/h5-6,8,11H,3-4,10H2,1-2H3,(H,12,13). The second kappa shape index (κ2) is 6.36. The maximum absolute atomic E-state index is 11.2. The number of aliphatic carboxylic acids is 1. The topological polar surface area (TPSA) is 110 Å². The van der Waals surface area contributed by atoms with E-state index in [2.05, 4.69) is 0 Å². The van der Waals surface area contributed by atoms with E-state index in [1.165, 1.54) is 0 Å². The summed E-state index contributed by atoms with van der Waals surface area (Å²) in [7, 11) is 0. The quantitative estimate of drug-likeness (QED) is 0.519. The zero-order valence-electron chi connectivity index (χ0n) is 8.84. The summed E-state index contributed by atoms with van der Waals surface area (Å²) in [6, 6.07) is -1.19. The number of ether oxygens (including phenoxy) is 1. The molecular formula is C9H17NO5. The average molecular weight is 219 g/mol. The molecule has 2 unspecified atom stereocenters. The molecule has 0 spiro atoms. The van der Waals surface area contributed by atoms with Crippen LogP contribution >= 0.6 is 0 Å². The van der Waals surface area contributed by atoms with Crippen molar-refractivity contribution in [2.45, 2.75) is 44.9 Å². The van der Waals surface area contributed by atoms with Crippen LogP contribution < -0.4 is 5.73 Å². The van der Waals surface area contributed by atoms with Crippen LogP contribution in [0.2, 0.25) is 0 Å². The molecular weight excluding hydrogens is 202 g/mol. The van der Waals surface area contributed by atoms with E-state index in [4.69, 9.17) is 15.6 Å². The molecule has 88 valence electrons. The van der Waals surface area contributed by atoms with E-state index >= 15 is 0 Å². The van der Waals surface area contributed by atoms with Gasteiger partial charge in [-0.3, -0.25) is 9.59 Å². The van der Waals surface area contributed by atoms with Gasteiger partial charge in [0.25, 0.3) is 0 Å². The molecule has 0 aromatic heterocycles.